The van der Waals surface area contributed by atoms with E-state index >= 15 is 0 Å². The van der Waals surface area contributed by atoms with Gasteiger partial charge in [-0.3, -0.25) is 19.8 Å². The molecule has 0 bridgehead atoms. The number of hydrogen-bond acceptors (Lipinski definition) is 4. The first kappa shape index (κ1) is 11.2. The molecule has 17 heavy (non-hydrogen) atoms. The topological polar surface area (TPSA) is 97.4 Å². The largest absolute Gasteiger partial charge is 0.394 e. The van der Waals surface area contributed by atoms with Crippen LogP contribution >= 0.6 is 0 Å². The molecule has 1 aromatic heterocycles. The molecule has 0 unspecified atom stereocenters. The van der Waals surface area contributed by atoms with Gasteiger partial charge in [0.05, 0.1) is 11.4 Å². The van der Waals surface area contributed by atoms with E-state index in [1.807, 2.05) is 0 Å². The average molecular weight is 236 g/mol. The molecule has 0 aromatic carbocycles. The summed E-state index contributed by atoms with van der Waals surface area (Å²) in [5, 5.41) is 2.20. The minimum absolute atomic E-state index is 0.0645. The van der Waals surface area contributed by atoms with Crippen molar-refractivity contribution in [1.82, 2.24) is 9.88 Å². The number of nitrogens with zero attached hydrogens (tertiary/aromatic N) is 2. The van der Waals surface area contributed by atoms with Crippen molar-refractivity contribution in [2.75, 3.05) is 17.2 Å². The molecule has 0 aliphatic carbocycles. The van der Waals surface area contributed by atoms with Gasteiger partial charge in [-0.15, -0.1) is 0 Å². The van der Waals surface area contributed by atoms with E-state index in [1.54, 1.807) is 7.05 Å². The third-order valence-electron chi connectivity index (χ3n) is 2.56. The van der Waals surface area contributed by atoms with Gasteiger partial charge in [-0.1, -0.05) is 0 Å². The SMILES string of the molecule is Cn1cc(N2CCC(=O)NC2=O)cc(N)c1=O. The molecule has 1 aliphatic rings. The van der Waals surface area contributed by atoms with Crippen LogP contribution in [0.3, 0.4) is 0 Å². The highest BCUT2D eigenvalue weighted by Crippen LogP contribution is 2.17. The molecular weight excluding hydrogens is 224 g/mol. The molecule has 7 heteroatoms. The molecule has 0 radical (unpaired) electrons. The number of anilines is 2. The lowest BCUT2D eigenvalue weighted by atomic mass is 10.2. The monoisotopic (exact) mass is 236 g/mol. The summed E-state index contributed by atoms with van der Waals surface area (Å²) >= 11 is 0. The van der Waals surface area contributed by atoms with Gasteiger partial charge in [0.25, 0.3) is 5.56 Å². The van der Waals surface area contributed by atoms with Gasteiger partial charge in [0.1, 0.15) is 0 Å². The minimum atomic E-state index is -0.501. The van der Waals surface area contributed by atoms with E-state index in [-0.39, 0.29) is 30.1 Å². The number of nitrogens with one attached hydrogen (secondary N) is 1. The smallest absolute Gasteiger partial charge is 0.328 e. The molecule has 2 rings (SSSR count). The lowest BCUT2D eigenvalue weighted by Crippen LogP contribution is -2.49. The van der Waals surface area contributed by atoms with Gasteiger partial charge in [0, 0.05) is 26.2 Å². The second-order valence-corrected chi connectivity index (χ2v) is 3.82. The van der Waals surface area contributed by atoms with Crippen LogP contribution in [-0.4, -0.2) is 23.1 Å². The zero-order valence-electron chi connectivity index (χ0n) is 9.27. The Hall–Kier alpha value is -2.31. The van der Waals surface area contributed by atoms with Crippen LogP contribution in [0.4, 0.5) is 16.2 Å². The van der Waals surface area contributed by atoms with Crippen LogP contribution in [0.2, 0.25) is 0 Å². The molecule has 1 aromatic rings. The van der Waals surface area contributed by atoms with Gasteiger partial charge in [-0.25, -0.2) is 4.79 Å². The Bertz CT molecular complexity index is 523. The fourth-order valence-electron chi connectivity index (χ4n) is 1.68. The number of hydrogen-bond donors (Lipinski definition) is 2. The number of urea groups is 1. The summed E-state index contributed by atoms with van der Waals surface area (Å²) in [6.07, 6.45) is 1.74. The Morgan fingerprint density at radius 2 is 2.06 bits per heavy atom. The number of carbonyl (C=O) groups is 2. The van der Waals surface area contributed by atoms with Gasteiger partial charge >= 0.3 is 6.03 Å². The molecule has 1 fully saturated rings. The maximum atomic E-state index is 11.6. The van der Waals surface area contributed by atoms with Gasteiger partial charge in [-0.05, 0) is 6.07 Å². The molecule has 0 spiro atoms. The number of rotatable bonds is 1. The van der Waals surface area contributed by atoms with Crippen molar-refractivity contribution in [2.24, 2.45) is 7.05 Å². The second kappa shape index (κ2) is 3.93. The predicted octanol–water partition coefficient (Wildman–Crippen LogP) is -0.586. The number of aromatic nitrogens is 1. The maximum Gasteiger partial charge on any atom is 0.328 e. The second-order valence-electron chi connectivity index (χ2n) is 3.82. The van der Waals surface area contributed by atoms with Crippen LogP contribution in [0.15, 0.2) is 17.1 Å². The van der Waals surface area contributed by atoms with Crippen LogP contribution < -0.4 is 21.5 Å². The summed E-state index contributed by atoms with van der Waals surface area (Å²) in [7, 11) is 1.55. The number of pyridine rings is 1. The Morgan fingerprint density at radius 1 is 1.35 bits per heavy atom. The van der Waals surface area contributed by atoms with E-state index in [9.17, 15) is 14.4 Å². The lowest BCUT2D eigenvalue weighted by molar-refractivity contribution is -0.120. The van der Waals surface area contributed by atoms with Gasteiger partial charge in [0.2, 0.25) is 5.91 Å². The quantitative estimate of drug-likeness (QED) is 0.681. The molecule has 3 amide bonds. The number of nitrogens with two attached hydrogens (primary N) is 1. The van der Waals surface area contributed by atoms with Crippen molar-refractivity contribution >= 4 is 23.3 Å². The zero-order chi connectivity index (χ0) is 12.6. The molecule has 2 heterocycles. The van der Waals surface area contributed by atoms with E-state index < -0.39 is 6.03 Å². The van der Waals surface area contributed by atoms with Gasteiger partial charge in [0.15, 0.2) is 0 Å². The third-order valence-corrected chi connectivity index (χ3v) is 2.56. The third kappa shape index (κ3) is 1.99. The van der Waals surface area contributed by atoms with Crippen molar-refractivity contribution in [3.8, 4) is 0 Å². The normalized spacial score (nSPS) is 15.9. The molecule has 90 valence electrons. The Labute approximate surface area is 96.8 Å². The first-order valence-electron chi connectivity index (χ1n) is 5.06. The van der Waals surface area contributed by atoms with Crippen LogP contribution in [0.25, 0.3) is 0 Å². The predicted molar refractivity (Wildman–Crippen MR) is 61.6 cm³/mol. The molecule has 1 aliphatic heterocycles. The number of imide groups is 1. The average Bonchev–Trinajstić information content (AvgIpc) is 2.25. The summed E-state index contributed by atoms with van der Waals surface area (Å²) in [5.74, 6) is -0.302. The summed E-state index contributed by atoms with van der Waals surface area (Å²) in [6, 6.07) is 0.928. The molecule has 7 nitrogen and oxygen atoms in total. The van der Waals surface area contributed by atoms with Crippen molar-refractivity contribution in [1.29, 1.82) is 0 Å². The Morgan fingerprint density at radius 3 is 2.65 bits per heavy atom. The standard InChI is InChI=1S/C10H12N4O3/c1-13-5-6(4-7(11)9(13)16)14-3-2-8(15)12-10(14)17/h4-5H,2-3,11H2,1H3,(H,12,15,17). The summed E-state index contributed by atoms with van der Waals surface area (Å²) in [4.78, 5) is 35.4. The summed E-state index contributed by atoms with van der Waals surface area (Å²) in [5.41, 5.74) is 5.78. The van der Waals surface area contributed by atoms with Crippen molar-refractivity contribution in [3.05, 3.63) is 22.6 Å². The summed E-state index contributed by atoms with van der Waals surface area (Å²) in [6.45, 7) is 0.280. The van der Waals surface area contributed by atoms with Gasteiger partial charge < -0.3 is 10.3 Å². The summed E-state index contributed by atoms with van der Waals surface area (Å²) < 4.78 is 1.30. The highest BCUT2D eigenvalue weighted by Gasteiger charge is 2.24. The van der Waals surface area contributed by atoms with E-state index in [0.717, 1.165) is 0 Å². The van der Waals surface area contributed by atoms with Crippen LogP contribution in [-0.2, 0) is 11.8 Å². The van der Waals surface area contributed by atoms with E-state index in [0.29, 0.717) is 5.69 Å². The highest BCUT2D eigenvalue weighted by atomic mass is 16.2. The Kier molecular flexibility index (Phi) is 2.58. The van der Waals surface area contributed by atoms with E-state index in [4.69, 9.17) is 5.73 Å². The fraction of sp³-hybridized carbons (Fsp3) is 0.300. The lowest BCUT2D eigenvalue weighted by Gasteiger charge is -2.26. The van der Waals surface area contributed by atoms with Crippen LogP contribution in [0.1, 0.15) is 6.42 Å². The van der Waals surface area contributed by atoms with E-state index in [1.165, 1.54) is 21.7 Å². The molecular formula is C10H12N4O3. The fourth-order valence-corrected chi connectivity index (χ4v) is 1.68. The van der Waals surface area contributed by atoms with E-state index in [2.05, 4.69) is 5.32 Å². The minimum Gasteiger partial charge on any atom is -0.394 e. The number of aryl methyl sites for hydroxylation is 1. The highest BCUT2D eigenvalue weighted by molar-refractivity contribution is 6.05. The van der Waals surface area contributed by atoms with Crippen LogP contribution in [0, 0.1) is 0 Å². The molecule has 3 N–H and O–H groups in total. The number of carbonyl (C=O) groups excluding carboxylic acids is 2. The molecule has 1 saturated heterocycles. The number of amides is 3. The molecule has 0 saturated carbocycles. The molecule has 0 atom stereocenters. The van der Waals surface area contributed by atoms with Gasteiger partial charge in [-0.2, -0.15) is 0 Å². The van der Waals surface area contributed by atoms with Crippen molar-refractivity contribution in [2.45, 2.75) is 6.42 Å². The van der Waals surface area contributed by atoms with Crippen LogP contribution in [0.5, 0.6) is 0 Å². The Balaban J connectivity index is 2.38. The van der Waals surface area contributed by atoms with Crippen molar-refractivity contribution < 1.29 is 9.59 Å². The zero-order valence-corrected chi connectivity index (χ0v) is 9.27. The first-order valence-corrected chi connectivity index (χ1v) is 5.06. The number of nitrogen functional groups attached to an aromatic ring is 1. The van der Waals surface area contributed by atoms with Crippen molar-refractivity contribution in [3.63, 3.8) is 0 Å². The first-order chi connectivity index (χ1) is 7.99. The maximum absolute atomic E-state index is 11.6.